The molecule has 1 N–H and O–H groups in total. The molecule has 0 saturated heterocycles. The first kappa shape index (κ1) is 16.3. The first-order valence-electron chi connectivity index (χ1n) is 6.60. The number of halogens is 3. The molecule has 0 aliphatic rings. The first-order valence-corrected chi connectivity index (χ1v) is 7.77. The standard InChI is InChI=1S/C16H16BrClFNO/c1-10(2)20-9-11-3-4-16(15(18)5-11)21-14-7-12(17)6-13(19)8-14/h3-8,10,20H,9H2,1-2H3. The highest BCUT2D eigenvalue weighted by molar-refractivity contribution is 9.10. The van der Waals surface area contributed by atoms with Crippen molar-refractivity contribution in [1.29, 1.82) is 0 Å². The van der Waals surface area contributed by atoms with Gasteiger partial charge in [0.25, 0.3) is 0 Å². The van der Waals surface area contributed by atoms with Gasteiger partial charge in [0.05, 0.1) is 5.02 Å². The van der Waals surface area contributed by atoms with Crippen molar-refractivity contribution < 1.29 is 9.13 Å². The molecule has 0 unspecified atom stereocenters. The molecule has 2 aromatic rings. The van der Waals surface area contributed by atoms with Crippen molar-refractivity contribution in [3.05, 3.63) is 57.3 Å². The lowest BCUT2D eigenvalue weighted by Crippen LogP contribution is -2.21. The van der Waals surface area contributed by atoms with Gasteiger partial charge in [0.15, 0.2) is 0 Å². The van der Waals surface area contributed by atoms with Gasteiger partial charge in [0, 0.05) is 23.1 Å². The minimum Gasteiger partial charge on any atom is -0.456 e. The van der Waals surface area contributed by atoms with E-state index in [0.29, 0.717) is 27.0 Å². The van der Waals surface area contributed by atoms with Crippen molar-refractivity contribution in [3.63, 3.8) is 0 Å². The second-order valence-electron chi connectivity index (χ2n) is 5.01. The number of rotatable bonds is 5. The molecule has 0 bridgehead atoms. The van der Waals surface area contributed by atoms with Gasteiger partial charge in [-0.1, -0.05) is 47.4 Å². The molecule has 0 aliphatic heterocycles. The Morgan fingerprint density at radius 2 is 2.00 bits per heavy atom. The molecule has 0 aliphatic carbocycles. The van der Waals surface area contributed by atoms with E-state index in [0.717, 1.165) is 12.1 Å². The van der Waals surface area contributed by atoms with Crippen LogP contribution in [0, 0.1) is 5.82 Å². The van der Waals surface area contributed by atoms with Gasteiger partial charge in [0.2, 0.25) is 0 Å². The van der Waals surface area contributed by atoms with Crippen molar-refractivity contribution in [1.82, 2.24) is 5.32 Å². The normalized spacial score (nSPS) is 11.0. The molecular formula is C16H16BrClFNO. The molecular weight excluding hydrogens is 357 g/mol. The molecule has 2 rings (SSSR count). The van der Waals surface area contributed by atoms with Crippen LogP contribution in [0.5, 0.6) is 11.5 Å². The maximum absolute atomic E-state index is 13.3. The maximum atomic E-state index is 13.3. The predicted molar refractivity (Wildman–Crippen MR) is 87.6 cm³/mol. The summed E-state index contributed by atoms with van der Waals surface area (Å²) in [6.45, 7) is 4.91. The van der Waals surface area contributed by atoms with Crippen molar-refractivity contribution in [2.75, 3.05) is 0 Å². The number of hydrogen-bond donors (Lipinski definition) is 1. The highest BCUT2D eigenvalue weighted by atomic mass is 79.9. The minimum atomic E-state index is -0.367. The minimum absolute atomic E-state index is 0.367. The Kier molecular flexibility index (Phi) is 5.62. The van der Waals surface area contributed by atoms with Crippen LogP contribution >= 0.6 is 27.5 Å². The van der Waals surface area contributed by atoms with Crippen LogP contribution < -0.4 is 10.1 Å². The van der Waals surface area contributed by atoms with Crippen LogP contribution in [-0.4, -0.2) is 6.04 Å². The third kappa shape index (κ3) is 4.99. The number of ether oxygens (including phenoxy) is 1. The molecule has 112 valence electrons. The summed E-state index contributed by atoms with van der Waals surface area (Å²) >= 11 is 9.45. The fourth-order valence-electron chi connectivity index (χ4n) is 1.77. The molecule has 0 saturated carbocycles. The average molecular weight is 373 g/mol. The van der Waals surface area contributed by atoms with Gasteiger partial charge in [-0.2, -0.15) is 0 Å². The van der Waals surface area contributed by atoms with Crippen molar-refractivity contribution in [2.45, 2.75) is 26.4 Å². The molecule has 0 aromatic heterocycles. The van der Waals surface area contributed by atoms with Crippen LogP contribution in [0.15, 0.2) is 40.9 Å². The number of hydrogen-bond acceptors (Lipinski definition) is 2. The van der Waals surface area contributed by atoms with E-state index in [9.17, 15) is 4.39 Å². The van der Waals surface area contributed by atoms with Crippen molar-refractivity contribution >= 4 is 27.5 Å². The van der Waals surface area contributed by atoms with E-state index in [4.69, 9.17) is 16.3 Å². The highest BCUT2D eigenvalue weighted by Gasteiger charge is 2.07. The topological polar surface area (TPSA) is 21.3 Å². The summed E-state index contributed by atoms with van der Waals surface area (Å²) in [6, 6.07) is 10.4. The van der Waals surface area contributed by atoms with Crippen molar-refractivity contribution in [2.24, 2.45) is 0 Å². The lowest BCUT2D eigenvalue weighted by Gasteiger charge is -2.11. The van der Waals surface area contributed by atoms with Gasteiger partial charge < -0.3 is 10.1 Å². The molecule has 0 amide bonds. The molecule has 21 heavy (non-hydrogen) atoms. The van der Waals surface area contributed by atoms with Gasteiger partial charge in [-0.15, -0.1) is 0 Å². The Morgan fingerprint density at radius 3 is 2.62 bits per heavy atom. The highest BCUT2D eigenvalue weighted by Crippen LogP contribution is 2.31. The second kappa shape index (κ2) is 7.25. The Morgan fingerprint density at radius 1 is 1.24 bits per heavy atom. The second-order valence-corrected chi connectivity index (χ2v) is 6.33. The predicted octanol–water partition coefficient (Wildman–Crippen LogP) is 5.53. The lowest BCUT2D eigenvalue weighted by molar-refractivity contribution is 0.476. The van der Waals surface area contributed by atoms with E-state index in [1.165, 1.54) is 12.1 Å². The monoisotopic (exact) mass is 371 g/mol. The first-order chi connectivity index (χ1) is 9.94. The van der Waals surface area contributed by atoms with E-state index in [-0.39, 0.29) is 5.82 Å². The summed E-state index contributed by atoms with van der Waals surface area (Å²) < 4.78 is 19.6. The molecule has 0 spiro atoms. The van der Waals surface area contributed by atoms with Crippen LogP contribution in [0.1, 0.15) is 19.4 Å². The quantitative estimate of drug-likeness (QED) is 0.745. The van der Waals surface area contributed by atoms with Crippen LogP contribution in [0.2, 0.25) is 5.02 Å². The Balaban J connectivity index is 2.13. The van der Waals surface area contributed by atoms with Gasteiger partial charge in [-0.25, -0.2) is 4.39 Å². The van der Waals surface area contributed by atoms with Gasteiger partial charge in [-0.05, 0) is 29.8 Å². The van der Waals surface area contributed by atoms with E-state index in [1.54, 1.807) is 12.1 Å². The van der Waals surface area contributed by atoms with E-state index in [1.807, 2.05) is 12.1 Å². The van der Waals surface area contributed by atoms with E-state index >= 15 is 0 Å². The molecule has 2 aromatic carbocycles. The van der Waals surface area contributed by atoms with Gasteiger partial charge in [0.1, 0.15) is 17.3 Å². The Labute approximate surface area is 137 Å². The largest absolute Gasteiger partial charge is 0.456 e. The SMILES string of the molecule is CC(C)NCc1ccc(Oc2cc(F)cc(Br)c2)c(Cl)c1. The molecule has 0 heterocycles. The fraction of sp³-hybridized carbons (Fsp3) is 0.250. The summed E-state index contributed by atoms with van der Waals surface area (Å²) in [6.07, 6.45) is 0. The third-order valence-electron chi connectivity index (χ3n) is 2.77. The maximum Gasteiger partial charge on any atom is 0.146 e. The van der Waals surface area contributed by atoms with Crippen molar-refractivity contribution in [3.8, 4) is 11.5 Å². The number of nitrogens with one attached hydrogen (secondary N) is 1. The van der Waals surface area contributed by atoms with Crippen LogP contribution in [0.4, 0.5) is 4.39 Å². The van der Waals surface area contributed by atoms with Gasteiger partial charge in [-0.3, -0.25) is 0 Å². The van der Waals surface area contributed by atoms with E-state index in [2.05, 4.69) is 35.1 Å². The summed E-state index contributed by atoms with van der Waals surface area (Å²) in [5, 5.41) is 3.82. The smallest absolute Gasteiger partial charge is 0.146 e. The Bertz CT molecular complexity index is 613. The van der Waals surface area contributed by atoms with Crippen LogP contribution in [-0.2, 0) is 6.54 Å². The zero-order valence-corrected chi connectivity index (χ0v) is 14.1. The van der Waals surface area contributed by atoms with Gasteiger partial charge >= 0.3 is 0 Å². The lowest BCUT2D eigenvalue weighted by atomic mass is 10.2. The fourth-order valence-corrected chi connectivity index (χ4v) is 2.46. The molecule has 5 heteroatoms. The van der Waals surface area contributed by atoms with Crippen LogP contribution in [0.25, 0.3) is 0 Å². The zero-order chi connectivity index (χ0) is 15.4. The van der Waals surface area contributed by atoms with E-state index < -0.39 is 0 Å². The molecule has 0 fully saturated rings. The molecule has 0 atom stereocenters. The van der Waals surface area contributed by atoms with Crippen LogP contribution in [0.3, 0.4) is 0 Å². The average Bonchev–Trinajstić information content (AvgIpc) is 2.38. The summed E-state index contributed by atoms with van der Waals surface area (Å²) in [4.78, 5) is 0. The number of benzene rings is 2. The summed E-state index contributed by atoms with van der Waals surface area (Å²) in [5.41, 5.74) is 1.07. The third-order valence-corrected chi connectivity index (χ3v) is 3.53. The zero-order valence-electron chi connectivity index (χ0n) is 11.8. The summed E-state index contributed by atoms with van der Waals surface area (Å²) in [7, 11) is 0. The molecule has 2 nitrogen and oxygen atoms in total. The Hall–Kier alpha value is -1.10. The summed E-state index contributed by atoms with van der Waals surface area (Å²) in [5.74, 6) is 0.535. The molecule has 0 radical (unpaired) electrons.